The van der Waals surface area contributed by atoms with Crippen LogP contribution in [0.2, 0.25) is 0 Å². The monoisotopic (exact) mass is 302 g/mol. The van der Waals surface area contributed by atoms with Crippen molar-refractivity contribution in [1.82, 2.24) is 24.7 Å². The molecule has 1 aliphatic rings. The van der Waals surface area contributed by atoms with E-state index in [1.807, 2.05) is 25.5 Å². The molecule has 0 aliphatic carbocycles. The van der Waals surface area contributed by atoms with Crippen molar-refractivity contribution in [1.29, 1.82) is 0 Å². The van der Waals surface area contributed by atoms with Gasteiger partial charge in [-0.1, -0.05) is 0 Å². The number of anilines is 1. The van der Waals surface area contributed by atoms with Crippen molar-refractivity contribution >= 4 is 5.82 Å². The van der Waals surface area contributed by atoms with Gasteiger partial charge in [0.25, 0.3) is 0 Å². The van der Waals surface area contributed by atoms with E-state index in [2.05, 4.69) is 25.1 Å². The number of rotatable bonds is 3. The highest BCUT2D eigenvalue weighted by Crippen LogP contribution is 2.31. The molecule has 1 atom stereocenters. The highest BCUT2D eigenvalue weighted by molar-refractivity contribution is 5.51. The van der Waals surface area contributed by atoms with Crippen LogP contribution in [0.25, 0.3) is 0 Å². The number of ether oxygens (including phenoxy) is 1. The van der Waals surface area contributed by atoms with E-state index in [4.69, 9.17) is 4.74 Å². The Balaban J connectivity index is 1.89. The van der Waals surface area contributed by atoms with Gasteiger partial charge in [0.15, 0.2) is 0 Å². The maximum atomic E-state index is 5.37. The van der Waals surface area contributed by atoms with Crippen molar-refractivity contribution in [2.75, 3.05) is 25.1 Å². The second-order valence-corrected chi connectivity index (χ2v) is 5.81. The number of hydrogen-bond acceptors (Lipinski definition) is 6. The van der Waals surface area contributed by atoms with Crippen LogP contribution in [-0.4, -0.2) is 44.9 Å². The van der Waals surface area contributed by atoms with Crippen LogP contribution in [0.15, 0.2) is 6.33 Å². The van der Waals surface area contributed by atoms with E-state index >= 15 is 0 Å². The summed E-state index contributed by atoms with van der Waals surface area (Å²) in [6, 6.07) is 0. The predicted octanol–water partition coefficient (Wildman–Crippen LogP) is 1.61. The summed E-state index contributed by atoms with van der Waals surface area (Å²) < 4.78 is 7.38. The zero-order valence-electron chi connectivity index (χ0n) is 13.6. The summed E-state index contributed by atoms with van der Waals surface area (Å²) in [7, 11) is 3.65. The zero-order valence-corrected chi connectivity index (χ0v) is 13.6. The lowest BCUT2D eigenvalue weighted by Crippen LogP contribution is -2.36. The number of aromatic nitrogens is 5. The molecule has 0 bridgehead atoms. The second-order valence-electron chi connectivity index (χ2n) is 5.81. The average Bonchev–Trinajstić information content (AvgIpc) is 2.95. The van der Waals surface area contributed by atoms with Crippen molar-refractivity contribution in [3.05, 3.63) is 23.5 Å². The predicted molar refractivity (Wildman–Crippen MR) is 83.2 cm³/mol. The fourth-order valence-electron chi connectivity index (χ4n) is 3.14. The fraction of sp³-hybridized carbons (Fsp3) is 0.600. The van der Waals surface area contributed by atoms with Crippen LogP contribution in [0.5, 0.6) is 5.88 Å². The van der Waals surface area contributed by atoms with E-state index in [0.717, 1.165) is 49.0 Å². The molecule has 22 heavy (non-hydrogen) atoms. The van der Waals surface area contributed by atoms with Gasteiger partial charge in [0.1, 0.15) is 23.8 Å². The third kappa shape index (κ3) is 2.63. The molecular formula is C15H22N6O. The topological polar surface area (TPSA) is 69.0 Å². The summed E-state index contributed by atoms with van der Waals surface area (Å²) in [5.41, 5.74) is 0.992. The Morgan fingerprint density at radius 3 is 2.77 bits per heavy atom. The Morgan fingerprint density at radius 1 is 1.27 bits per heavy atom. The molecule has 3 heterocycles. The Hall–Kier alpha value is -2.18. The summed E-state index contributed by atoms with van der Waals surface area (Å²) in [5, 5.41) is 8.27. The SMILES string of the molecule is COc1nc(C)nc(N2CCCC(c3nncn3C)C2)c1C. The summed E-state index contributed by atoms with van der Waals surface area (Å²) in [5.74, 6) is 3.78. The molecule has 0 N–H and O–H groups in total. The molecule has 118 valence electrons. The van der Waals surface area contributed by atoms with Gasteiger partial charge in [0, 0.05) is 26.1 Å². The van der Waals surface area contributed by atoms with Gasteiger partial charge < -0.3 is 14.2 Å². The molecule has 1 aliphatic heterocycles. The molecule has 0 amide bonds. The summed E-state index contributed by atoms with van der Waals surface area (Å²) in [6.07, 6.45) is 4.00. The van der Waals surface area contributed by atoms with Gasteiger partial charge in [0.05, 0.1) is 12.7 Å². The van der Waals surface area contributed by atoms with E-state index < -0.39 is 0 Å². The van der Waals surface area contributed by atoms with Crippen LogP contribution in [0.3, 0.4) is 0 Å². The smallest absolute Gasteiger partial charge is 0.221 e. The second kappa shape index (κ2) is 5.90. The third-order valence-corrected chi connectivity index (χ3v) is 4.21. The van der Waals surface area contributed by atoms with Gasteiger partial charge in [-0.2, -0.15) is 4.98 Å². The molecule has 0 radical (unpaired) electrons. The van der Waals surface area contributed by atoms with Gasteiger partial charge in [-0.3, -0.25) is 0 Å². The number of hydrogen-bond donors (Lipinski definition) is 0. The van der Waals surface area contributed by atoms with E-state index in [1.54, 1.807) is 13.4 Å². The minimum absolute atomic E-state index is 0.377. The molecular weight excluding hydrogens is 280 g/mol. The third-order valence-electron chi connectivity index (χ3n) is 4.21. The maximum absolute atomic E-state index is 5.37. The normalized spacial score (nSPS) is 18.5. The minimum atomic E-state index is 0.377. The Labute approximate surface area is 130 Å². The van der Waals surface area contributed by atoms with Crippen LogP contribution in [0, 0.1) is 13.8 Å². The summed E-state index contributed by atoms with van der Waals surface area (Å²) >= 11 is 0. The molecule has 7 nitrogen and oxygen atoms in total. The molecule has 0 spiro atoms. The number of piperidine rings is 1. The molecule has 2 aromatic rings. The maximum Gasteiger partial charge on any atom is 0.221 e. The van der Waals surface area contributed by atoms with Gasteiger partial charge in [-0.05, 0) is 26.7 Å². The Bertz CT molecular complexity index is 668. The number of methoxy groups -OCH3 is 1. The molecule has 2 aromatic heterocycles. The molecule has 3 rings (SSSR count). The molecule has 7 heteroatoms. The van der Waals surface area contributed by atoms with Gasteiger partial charge >= 0.3 is 0 Å². The first-order valence-electron chi connectivity index (χ1n) is 7.58. The van der Waals surface area contributed by atoms with Crippen LogP contribution in [-0.2, 0) is 7.05 Å². The van der Waals surface area contributed by atoms with Crippen LogP contribution in [0.4, 0.5) is 5.82 Å². The molecule has 0 aromatic carbocycles. The van der Waals surface area contributed by atoms with Crippen LogP contribution >= 0.6 is 0 Å². The van der Waals surface area contributed by atoms with Crippen molar-refractivity contribution in [3.8, 4) is 5.88 Å². The zero-order chi connectivity index (χ0) is 15.7. The Kier molecular flexibility index (Phi) is 3.96. The lowest BCUT2D eigenvalue weighted by Gasteiger charge is -2.34. The van der Waals surface area contributed by atoms with Gasteiger partial charge in [-0.15, -0.1) is 10.2 Å². The summed E-state index contributed by atoms with van der Waals surface area (Å²) in [4.78, 5) is 11.3. The Morgan fingerprint density at radius 2 is 2.09 bits per heavy atom. The molecule has 1 unspecified atom stereocenters. The lowest BCUT2D eigenvalue weighted by molar-refractivity contribution is 0.391. The number of aryl methyl sites for hydroxylation is 2. The van der Waals surface area contributed by atoms with Crippen molar-refractivity contribution in [3.63, 3.8) is 0 Å². The summed E-state index contributed by atoms with van der Waals surface area (Å²) in [6.45, 7) is 5.80. The standard InChI is InChI=1S/C15H22N6O/c1-10-13(17-11(2)18-15(10)22-4)21-7-5-6-12(8-21)14-19-16-9-20(14)3/h9,12H,5-8H2,1-4H3. The number of nitrogens with zero attached hydrogens (tertiary/aromatic N) is 6. The van der Waals surface area contributed by atoms with Crippen LogP contribution < -0.4 is 9.64 Å². The quantitative estimate of drug-likeness (QED) is 0.858. The highest BCUT2D eigenvalue weighted by atomic mass is 16.5. The fourth-order valence-corrected chi connectivity index (χ4v) is 3.14. The van der Waals surface area contributed by atoms with Crippen molar-refractivity contribution in [2.45, 2.75) is 32.6 Å². The molecule has 0 saturated carbocycles. The molecule has 1 fully saturated rings. The van der Waals surface area contributed by atoms with Crippen molar-refractivity contribution in [2.24, 2.45) is 7.05 Å². The first-order chi connectivity index (χ1) is 10.6. The average molecular weight is 302 g/mol. The van der Waals surface area contributed by atoms with Gasteiger partial charge in [-0.25, -0.2) is 4.98 Å². The van der Waals surface area contributed by atoms with Gasteiger partial charge in [0.2, 0.25) is 5.88 Å². The highest BCUT2D eigenvalue weighted by Gasteiger charge is 2.27. The minimum Gasteiger partial charge on any atom is -0.481 e. The van der Waals surface area contributed by atoms with Crippen molar-refractivity contribution < 1.29 is 4.74 Å². The molecule has 1 saturated heterocycles. The van der Waals surface area contributed by atoms with E-state index in [1.165, 1.54) is 0 Å². The first-order valence-corrected chi connectivity index (χ1v) is 7.58. The largest absolute Gasteiger partial charge is 0.481 e. The first kappa shape index (κ1) is 14.7. The lowest BCUT2D eigenvalue weighted by atomic mass is 9.97. The van der Waals surface area contributed by atoms with Crippen LogP contribution in [0.1, 0.15) is 36.0 Å². The van der Waals surface area contributed by atoms with E-state index in [0.29, 0.717) is 11.8 Å². The van der Waals surface area contributed by atoms with E-state index in [9.17, 15) is 0 Å². The van der Waals surface area contributed by atoms with E-state index in [-0.39, 0.29) is 0 Å².